The number of carbonyl (C=O) groups is 1. The molecule has 0 saturated carbocycles. The molecular weight excluding hydrogens is 318 g/mol. The lowest BCUT2D eigenvalue weighted by Crippen LogP contribution is -2.48. The average Bonchev–Trinajstić information content (AvgIpc) is 3.17. The summed E-state index contributed by atoms with van der Waals surface area (Å²) in [5.41, 5.74) is 7.07. The van der Waals surface area contributed by atoms with Crippen molar-refractivity contribution in [3.05, 3.63) is 23.8 Å². The van der Waals surface area contributed by atoms with Crippen molar-refractivity contribution in [2.75, 3.05) is 24.2 Å². The van der Waals surface area contributed by atoms with Gasteiger partial charge in [-0.05, 0) is 18.6 Å². The highest BCUT2D eigenvalue weighted by Gasteiger charge is 2.47. The second-order valence-corrected chi connectivity index (χ2v) is 8.09. The fraction of sp³-hybridized carbons (Fsp3) is 0.429. The lowest BCUT2D eigenvalue weighted by molar-refractivity contribution is 0.100. The summed E-state index contributed by atoms with van der Waals surface area (Å²) in [6.45, 7) is 1.08. The number of nitrogens with one attached hydrogen (secondary N) is 1. The van der Waals surface area contributed by atoms with E-state index in [1.54, 1.807) is 16.4 Å². The molecule has 9 heteroatoms. The third-order valence-corrected chi connectivity index (χ3v) is 5.95. The second kappa shape index (κ2) is 4.68. The molecule has 23 heavy (non-hydrogen) atoms. The number of imidazole rings is 1. The highest BCUT2D eigenvalue weighted by Crippen LogP contribution is 2.35. The minimum Gasteiger partial charge on any atom is -0.366 e. The number of amides is 1. The zero-order valence-electron chi connectivity index (χ0n) is 12.6. The molecule has 0 spiro atoms. The average molecular weight is 335 g/mol. The van der Waals surface area contributed by atoms with Gasteiger partial charge in [-0.1, -0.05) is 6.07 Å². The Hall–Kier alpha value is -2.13. The van der Waals surface area contributed by atoms with Crippen LogP contribution in [0.5, 0.6) is 0 Å². The van der Waals surface area contributed by atoms with Crippen LogP contribution in [-0.2, 0) is 10.0 Å². The first kappa shape index (κ1) is 14.5. The Morgan fingerprint density at radius 1 is 1.35 bits per heavy atom. The number of piperazine rings is 1. The molecule has 4 rings (SSSR count). The van der Waals surface area contributed by atoms with E-state index in [1.165, 1.54) is 6.26 Å². The van der Waals surface area contributed by atoms with Crippen LogP contribution in [0.3, 0.4) is 0 Å². The maximum atomic E-state index is 11.8. The predicted octanol–water partition coefficient (Wildman–Crippen LogP) is -0.116. The molecule has 8 nitrogen and oxygen atoms in total. The normalized spacial score (nSPS) is 24.7. The number of H-pyrrole nitrogens is 1. The van der Waals surface area contributed by atoms with Crippen LogP contribution < -0.4 is 10.6 Å². The van der Waals surface area contributed by atoms with E-state index in [1.807, 2.05) is 6.07 Å². The number of aromatic amines is 1. The standard InChI is InChI=1S/C14H17N5O3S/c1-23(21,22)19-7-8-5-9(19)6-18(8)14-16-11-4-2-3-10(13(15)20)12(11)17-14/h2-4,8-9H,5-7H2,1H3,(H2,15,20)(H,16,17)/t8-,9+/m1/s1. The molecule has 2 aliphatic rings. The van der Waals surface area contributed by atoms with Gasteiger partial charge in [0.05, 0.1) is 17.3 Å². The van der Waals surface area contributed by atoms with Gasteiger partial charge in [0.15, 0.2) is 0 Å². The summed E-state index contributed by atoms with van der Waals surface area (Å²) in [5.74, 6) is 0.147. The largest absolute Gasteiger partial charge is 0.366 e. The van der Waals surface area contributed by atoms with E-state index in [-0.39, 0.29) is 12.1 Å². The van der Waals surface area contributed by atoms with Crippen molar-refractivity contribution in [3.8, 4) is 0 Å². The Bertz CT molecular complexity index is 906. The van der Waals surface area contributed by atoms with Crippen molar-refractivity contribution >= 4 is 32.9 Å². The van der Waals surface area contributed by atoms with Crippen molar-refractivity contribution in [3.63, 3.8) is 0 Å². The molecule has 0 unspecified atom stereocenters. The van der Waals surface area contributed by atoms with Gasteiger partial charge in [-0.3, -0.25) is 4.79 Å². The molecule has 2 fully saturated rings. The van der Waals surface area contributed by atoms with Gasteiger partial charge in [0.1, 0.15) is 5.52 Å². The third-order valence-electron chi connectivity index (χ3n) is 4.65. The summed E-state index contributed by atoms with van der Waals surface area (Å²) < 4.78 is 25.1. The van der Waals surface area contributed by atoms with E-state index in [0.29, 0.717) is 30.1 Å². The molecule has 122 valence electrons. The highest BCUT2D eigenvalue weighted by molar-refractivity contribution is 7.88. The molecule has 3 heterocycles. The minimum atomic E-state index is -3.17. The van der Waals surface area contributed by atoms with Gasteiger partial charge in [-0.2, -0.15) is 4.31 Å². The molecular formula is C14H17N5O3S. The van der Waals surface area contributed by atoms with E-state index in [2.05, 4.69) is 14.9 Å². The predicted molar refractivity (Wildman–Crippen MR) is 85.7 cm³/mol. The van der Waals surface area contributed by atoms with Gasteiger partial charge in [-0.25, -0.2) is 13.4 Å². The zero-order valence-corrected chi connectivity index (χ0v) is 13.4. The SMILES string of the molecule is CS(=O)(=O)N1C[C@H]2C[C@H]1CN2c1nc2c(C(N)=O)cccc2[nH]1. The van der Waals surface area contributed by atoms with Gasteiger partial charge >= 0.3 is 0 Å². The first-order valence-corrected chi connectivity index (χ1v) is 9.21. The van der Waals surface area contributed by atoms with Crippen molar-refractivity contribution in [2.24, 2.45) is 5.73 Å². The van der Waals surface area contributed by atoms with Crippen LogP contribution in [0.2, 0.25) is 0 Å². The Kier molecular flexibility index (Phi) is 2.94. The van der Waals surface area contributed by atoms with Crippen molar-refractivity contribution in [1.82, 2.24) is 14.3 Å². The van der Waals surface area contributed by atoms with Crippen LogP contribution in [0.25, 0.3) is 11.0 Å². The molecule has 1 aromatic heterocycles. The van der Waals surface area contributed by atoms with E-state index >= 15 is 0 Å². The van der Waals surface area contributed by atoms with Gasteiger partial charge in [0.2, 0.25) is 16.0 Å². The third kappa shape index (κ3) is 2.19. The Morgan fingerprint density at radius 2 is 2.13 bits per heavy atom. The highest BCUT2D eigenvalue weighted by atomic mass is 32.2. The van der Waals surface area contributed by atoms with Gasteiger partial charge in [0.25, 0.3) is 5.91 Å². The summed E-state index contributed by atoms with van der Waals surface area (Å²) in [6, 6.07) is 5.34. The number of benzene rings is 1. The number of carbonyl (C=O) groups excluding carboxylic acids is 1. The molecule has 0 radical (unpaired) electrons. The monoisotopic (exact) mass is 335 g/mol. The number of hydrogen-bond acceptors (Lipinski definition) is 5. The first-order valence-electron chi connectivity index (χ1n) is 7.36. The maximum Gasteiger partial charge on any atom is 0.250 e. The number of fused-ring (bicyclic) bond motifs is 3. The van der Waals surface area contributed by atoms with Crippen molar-refractivity contribution < 1.29 is 13.2 Å². The molecule has 2 aliphatic heterocycles. The molecule has 1 amide bonds. The van der Waals surface area contributed by atoms with Crippen LogP contribution in [0.1, 0.15) is 16.8 Å². The lowest BCUT2D eigenvalue weighted by Gasteiger charge is -2.32. The summed E-state index contributed by atoms with van der Waals surface area (Å²) >= 11 is 0. The Morgan fingerprint density at radius 3 is 2.74 bits per heavy atom. The summed E-state index contributed by atoms with van der Waals surface area (Å²) in [5, 5.41) is 0. The number of sulfonamides is 1. The quantitative estimate of drug-likeness (QED) is 0.812. The Balaban J connectivity index is 1.68. The topological polar surface area (TPSA) is 112 Å². The molecule has 1 aromatic carbocycles. The number of hydrogen-bond donors (Lipinski definition) is 2. The fourth-order valence-corrected chi connectivity index (χ4v) is 4.79. The van der Waals surface area contributed by atoms with Gasteiger partial charge in [-0.15, -0.1) is 0 Å². The maximum absolute atomic E-state index is 11.8. The summed E-state index contributed by atoms with van der Waals surface area (Å²) in [4.78, 5) is 21.3. The Labute approximate surface area is 133 Å². The van der Waals surface area contributed by atoms with Gasteiger partial charge in [0, 0.05) is 25.2 Å². The number of aromatic nitrogens is 2. The molecule has 0 aliphatic carbocycles. The van der Waals surface area contributed by atoms with Crippen LogP contribution in [0.15, 0.2) is 18.2 Å². The second-order valence-electron chi connectivity index (χ2n) is 6.15. The van der Waals surface area contributed by atoms with E-state index in [9.17, 15) is 13.2 Å². The smallest absolute Gasteiger partial charge is 0.250 e. The van der Waals surface area contributed by atoms with E-state index in [0.717, 1.165) is 11.9 Å². The van der Waals surface area contributed by atoms with Crippen LogP contribution in [0.4, 0.5) is 5.95 Å². The lowest BCUT2D eigenvalue weighted by atomic mass is 10.2. The number of para-hydroxylation sites is 1. The van der Waals surface area contributed by atoms with Crippen molar-refractivity contribution in [1.29, 1.82) is 0 Å². The fourth-order valence-electron chi connectivity index (χ4n) is 3.65. The summed E-state index contributed by atoms with van der Waals surface area (Å²) in [6.07, 6.45) is 2.05. The van der Waals surface area contributed by atoms with E-state index < -0.39 is 15.9 Å². The van der Waals surface area contributed by atoms with Crippen LogP contribution in [0, 0.1) is 0 Å². The summed E-state index contributed by atoms with van der Waals surface area (Å²) in [7, 11) is -3.17. The molecule has 2 bridgehead atoms. The number of nitrogens with two attached hydrogens (primary N) is 1. The number of rotatable bonds is 3. The van der Waals surface area contributed by atoms with Crippen LogP contribution >= 0.6 is 0 Å². The minimum absolute atomic E-state index is 0.0150. The zero-order chi connectivity index (χ0) is 16.4. The number of primary amides is 1. The molecule has 2 atom stereocenters. The number of anilines is 1. The van der Waals surface area contributed by atoms with Gasteiger partial charge < -0.3 is 15.6 Å². The van der Waals surface area contributed by atoms with Crippen molar-refractivity contribution in [2.45, 2.75) is 18.5 Å². The molecule has 3 N–H and O–H groups in total. The number of nitrogens with zero attached hydrogens (tertiary/aromatic N) is 3. The van der Waals surface area contributed by atoms with Crippen LogP contribution in [-0.4, -0.2) is 60.0 Å². The molecule has 2 aromatic rings. The molecule has 2 saturated heterocycles. The van der Waals surface area contributed by atoms with E-state index in [4.69, 9.17) is 5.73 Å². The first-order chi connectivity index (χ1) is 10.8.